The normalized spacial score (nSPS) is 21.3. The summed E-state index contributed by atoms with van der Waals surface area (Å²) in [5.41, 5.74) is 0. The van der Waals surface area contributed by atoms with Crippen LogP contribution in [0.15, 0.2) is 0 Å². The highest BCUT2D eigenvalue weighted by atomic mass is 32.1. The Morgan fingerprint density at radius 2 is 2.10 bits per heavy atom. The molecule has 0 saturated carbocycles. The molecule has 1 N–H and O–H groups in total. The molecule has 0 spiro atoms. The summed E-state index contributed by atoms with van der Waals surface area (Å²) in [6.07, 6.45) is 2.42. The van der Waals surface area contributed by atoms with E-state index in [1.165, 1.54) is 12.8 Å². The Hall–Kier alpha value is 0.270. The van der Waals surface area contributed by atoms with Gasteiger partial charge in [-0.25, -0.2) is 0 Å². The number of thiol groups is 1. The maximum atomic E-state index is 5.23. The molecule has 1 heterocycles. The third-order valence-corrected chi connectivity index (χ3v) is 2.11. The molecule has 0 aromatic heterocycles. The van der Waals surface area contributed by atoms with Crippen LogP contribution in [0.4, 0.5) is 0 Å². The lowest BCUT2D eigenvalue weighted by Gasteiger charge is -2.21. The fourth-order valence-electron chi connectivity index (χ4n) is 1.22. The van der Waals surface area contributed by atoms with Gasteiger partial charge in [0.2, 0.25) is 0 Å². The minimum absolute atomic E-state index is 0.789. The lowest BCUT2D eigenvalue weighted by atomic mass is 10.0. The molecule has 0 aliphatic carbocycles. The van der Waals surface area contributed by atoms with Crippen LogP contribution in [0, 0.1) is 5.92 Å². The molecule has 0 atom stereocenters. The van der Waals surface area contributed by atoms with E-state index in [1.807, 2.05) is 0 Å². The molecular formula is C7H15NOS. The lowest BCUT2D eigenvalue weighted by molar-refractivity contribution is 0.0668. The highest BCUT2D eigenvalue weighted by Gasteiger charge is 2.11. The molecule has 10 heavy (non-hydrogen) atoms. The number of hydrogen-bond donors (Lipinski definition) is 2. The molecule has 1 saturated heterocycles. The fourth-order valence-corrected chi connectivity index (χ4v) is 1.35. The first-order valence-electron chi connectivity index (χ1n) is 3.83. The summed E-state index contributed by atoms with van der Waals surface area (Å²) in [6.45, 7) is 2.99. The number of hydrogen-bond acceptors (Lipinski definition) is 3. The summed E-state index contributed by atoms with van der Waals surface area (Å²) >= 11 is 4.08. The van der Waals surface area contributed by atoms with Gasteiger partial charge in [-0.15, -0.1) is 0 Å². The monoisotopic (exact) mass is 161 g/mol. The van der Waals surface area contributed by atoms with Crippen molar-refractivity contribution >= 4 is 12.6 Å². The second-order valence-corrected chi connectivity index (χ2v) is 2.98. The van der Waals surface area contributed by atoms with Crippen LogP contribution in [0.3, 0.4) is 0 Å². The maximum Gasteiger partial charge on any atom is 0.0469 e. The molecule has 1 rings (SSSR count). The Morgan fingerprint density at radius 3 is 2.70 bits per heavy atom. The third-order valence-electron chi connectivity index (χ3n) is 1.89. The SMILES string of the molecule is SCNCC1CCOCC1. The van der Waals surface area contributed by atoms with Crippen LogP contribution in [-0.4, -0.2) is 25.6 Å². The van der Waals surface area contributed by atoms with Gasteiger partial charge in [0, 0.05) is 19.1 Å². The zero-order valence-electron chi connectivity index (χ0n) is 6.18. The Kier molecular flexibility index (Phi) is 4.18. The molecule has 0 aromatic rings. The second-order valence-electron chi connectivity index (χ2n) is 2.67. The molecule has 0 bridgehead atoms. The first-order chi connectivity index (χ1) is 4.93. The van der Waals surface area contributed by atoms with E-state index in [4.69, 9.17) is 4.74 Å². The van der Waals surface area contributed by atoms with E-state index in [0.29, 0.717) is 0 Å². The van der Waals surface area contributed by atoms with Gasteiger partial charge in [0.05, 0.1) is 0 Å². The van der Waals surface area contributed by atoms with Crippen molar-refractivity contribution < 1.29 is 4.74 Å². The maximum absolute atomic E-state index is 5.23. The van der Waals surface area contributed by atoms with Gasteiger partial charge < -0.3 is 10.1 Å². The van der Waals surface area contributed by atoms with Gasteiger partial charge in [-0.3, -0.25) is 0 Å². The van der Waals surface area contributed by atoms with Crippen molar-refractivity contribution in [1.29, 1.82) is 0 Å². The average molecular weight is 161 g/mol. The average Bonchev–Trinajstić information content (AvgIpc) is 2.03. The van der Waals surface area contributed by atoms with E-state index in [-0.39, 0.29) is 0 Å². The van der Waals surface area contributed by atoms with Crippen molar-refractivity contribution in [2.24, 2.45) is 5.92 Å². The van der Waals surface area contributed by atoms with Crippen LogP contribution in [0.2, 0.25) is 0 Å². The minimum Gasteiger partial charge on any atom is -0.381 e. The molecule has 0 radical (unpaired) electrons. The van der Waals surface area contributed by atoms with Gasteiger partial charge in [0.25, 0.3) is 0 Å². The van der Waals surface area contributed by atoms with Gasteiger partial charge in [0.1, 0.15) is 0 Å². The van der Waals surface area contributed by atoms with Crippen molar-refractivity contribution in [3.63, 3.8) is 0 Å². The summed E-state index contributed by atoms with van der Waals surface area (Å²) in [4.78, 5) is 0. The predicted octanol–water partition coefficient (Wildman–Crippen LogP) is 0.890. The first kappa shape index (κ1) is 8.37. The van der Waals surface area contributed by atoms with E-state index >= 15 is 0 Å². The predicted molar refractivity (Wildman–Crippen MR) is 45.4 cm³/mol. The van der Waals surface area contributed by atoms with Crippen LogP contribution in [-0.2, 0) is 4.74 Å². The molecule has 2 nitrogen and oxygen atoms in total. The molecule has 0 aromatic carbocycles. The van der Waals surface area contributed by atoms with Gasteiger partial charge in [-0.2, -0.15) is 12.6 Å². The molecule has 3 heteroatoms. The van der Waals surface area contributed by atoms with Crippen LogP contribution in [0.25, 0.3) is 0 Å². The summed E-state index contributed by atoms with van der Waals surface area (Å²) in [6, 6.07) is 0. The Balaban J connectivity index is 2.02. The topological polar surface area (TPSA) is 21.3 Å². The van der Waals surface area contributed by atoms with Crippen molar-refractivity contribution in [2.75, 3.05) is 25.6 Å². The Labute approximate surface area is 67.7 Å². The van der Waals surface area contributed by atoms with E-state index < -0.39 is 0 Å². The molecular weight excluding hydrogens is 146 g/mol. The molecule has 1 aliphatic rings. The fraction of sp³-hybridized carbons (Fsp3) is 1.00. The third kappa shape index (κ3) is 2.90. The zero-order chi connectivity index (χ0) is 7.23. The summed E-state index contributed by atoms with van der Waals surface area (Å²) in [7, 11) is 0. The lowest BCUT2D eigenvalue weighted by Crippen LogP contribution is -2.26. The van der Waals surface area contributed by atoms with E-state index in [9.17, 15) is 0 Å². The number of ether oxygens (including phenoxy) is 1. The largest absolute Gasteiger partial charge is 0.381 e. The summed E-state index contributed by atoms with van der Waals surface area (Å²) < 4.78 is 5.23. The van der Waals surface area contributed by atoms with E-state index in [0.717, 1.165) is 31.6 Å². The molecule has 0 amide bonds. The standard InChI is InChI=1S/C7H15NOS/c10-6-8-5-7-1-3-9-4-2-7/h7-8,10H,1-6H2. The van der Waals surface area contributed by atoms with Gasteiger partial charge in [-0.1, -0.05) is 0 Å². The van der Waals surface area contributed by atoms with Gasteiger partial charge in [0.15, 0.2) is 0 Å². The molecule has 1 aliphatic heterocycles. The van der Waals surface area contributed by atoms with Crippen molar-refractivity contribution in [3.8, 4) is 0 Å². The quantitative estimate of drug-likeness (QED) is 0.474. The van der Waals surface area contributed by atoms with Crippen LogP contribution >= 0.6 is 12.6 Å². The Bertz CT molecular complexity index is 83.7. The highest BCUT2D eigenvalue weighted by molar-refractivity contribution is 7.80. The van der Waals surface area contributed by atoms with Crippen LogP contribution < -0.4 is 5.32 Å². The van der Waals surface area contributed by atoms with Crippen molar-refractivity contribution in [1.82, 2.24) is 5.32 Å². The highest BCUT2D eigenvalue weighted by Crippen LogP contribution is 2.12. The molecule has 60 valence electrons. The number of nitrogens with one attached hydrogen (secondary N) is 1. The smallest absolute Gasteiger partial charge is 0.0469 e. The van der Waals surface area contributed by atoms with Gasteiger partial charge >= 0.3 is 0 Å². The zero-order valence-corrected chi connectivity index (χ0v) is 7.07. The summed E-state index contributed by atoms with van der Waals surface area (Å²) in [5.74, 6) is 1.61. The van der Waals surface area contributed by atoms with Crippen LogP contribution in [0.1, 0.15) is 12.8 Å². The van der Waals surface area contributed by atoms with Gasteiger partial charge in [-0.05, 0) is 25.3 Å². The van der Waals surface area contributed by atoms with Crippen LogP contribution in [0.5, 0.6) is 0 Å². The summed E-state index contributed by atoms with van der Waals surface area (Å²) in [5, 5.41) is 3.23. The first-order valence-corrected chi connectivity index (χ1v) is 4.46. The second kappa shape index (κ2) is 4.99. The van der Waals surface area contributed by atoms with Crippen molar-refractivity contribution in [2.45, 2.75) is 12.8 Å². The van der Waals surface area contributed by atoms with E-state index in [1.54, 1.807) is 0 Å². The van der Waals surface area contributed by atoms with E-state index in [2.05, 4.69) is 17.9 Å². The molecule has 1 fully saturated rings. The molecule has 0 unspecified atom stereocenters. The minimum atomic E-state index is 0.789. The Morgan fingerprint density at radius 1 is 1.40 bits per heavy atom. The number of rotatable bonds is 3. The van der Waals surface area contributed by atoms with Crippen molar-refractivity contribution in [3.05, 3.63) is 0 Å².